The number of rotatable bonds is 4. The largest absolute Gasteiger partial charge is 0.374 e. The fraction of sp³-hybridized carbons (Fsp3) is 0.600. The van der Waals surface area contributed by atoms with Gasteiger partial charge >= 0.3 is 5.69 Å². The van der Waals surface area contributed by atoms with Gasteiger partial charge in [0.25, 0.3) is 0 Å². The zero-order chi connectivity index (χ0) is 19.8. The number of imidazole rings is 1. The van der Waals surface area contributed by atoms with Crippen LogP contribution in [0, 0.1) is 5.92 Å². The molecule has 3 heterocycles. The molecule has 0 aliphatic carbocycles. The molecule has 0 radical (unpaired) electrons. The number of amides is 1. The number of nitrogens with one attached hydrogen (secondary N) is 2. The first-order valence-electron chi connectivity index (χ1n) is 10.1. The third-order valence-corrected chi connectivity index (χ3v) is 6.17. The second-order valence-electron chi connectivity index (χ2n) is 7.96. The summed E-state index contributed by atoms with van der Waals surface area (Å²) < 4.78 is 3.25. The number of aliphatic hydroxyl groups excluding tert-OH is 1. The summed E-state index contributed by atoms with van der Waals surface area (Å²) in [5.41, 5.74) is 2.51. The molecule has 2 saturated heterocycles. The van der Waals surface area contributed by atoms with Gasteiger partial charge in [-0.25, -0.2) is 4.79 Å². The van der Waals surface area contributed by atoms with E-state index in [1.54, 1.807) is 16.2 Å². The van der Waals surface area contributed by atoms with E-state index < -0.39 is 12.3 Å². The lowest BCUT2D eigenvalue weighted by Gasteiger charge is -2.34. The van der Waals surface area contributed by atoms with Crippen molar-refractivity contribution in [2.24, 2.45) is 13.0 Å². The minimum absolute atomic E-state index is 0.191. The van der Waals surface area contributed by atoms with Crippen LogP contribution in [0.15, 0.2) is 23.0 Å². The quantitative estimate of drug-likeness (QED) is 0.713. The zero-order valence-corrected chi connectivity index (χ0v) is 16.5. The Hall–Kier alpha value is -2.32. The lowest BCUT2D eigenvalue weighted by molar-refractivity contribution is -0.130. The normalized spacial score (nSPS) is 24.0. The van der Waals surface area contributed by atoms with E-state index in [0.29, 0.717) is 18.8 Å². The van der Waals surface area contributed by atoms with Crippen LogP contribution < -0.4 is 21.2 Å². The van der Waals surface area contributed by atoms with Gasteiger partial charge in [-0.2, -0.15) is 0 Å². The summed E-state index contributed by atoms with van der Waals surface area (Å²) in [6.07, 6.45) is 2.30. The van der Waals surface area contributed by atoms with Crippen molar-refractivity contribution in [2.75, 3.05) is 31.6 Å². The van der Waals surface area contributed by atoms with Crippen LogP contribution >= 0.6 is 0 Å². The van der Waals surface area contributed by atoms with Gasteiger partial charge in [0, 0.05) is 20.1 Å². The number of para-hydroxylation sites is 1. The Morgan fingerprint density at radius 2 is 1.93 bits per heavy atom. The highest BCUT2D eigenvalue weighted by molar-refractivity contribution is 5.91. The van der Waals surface area contributed by atoms with Crippen molar-refractivity contribution in [1.82, 2.24) is 19.8 Å². The third-order valence-electron chi connectivity index (χ3n) is 6.17. The fourth-order valence-corrected chi connectivity index (χ4v) is 4.67. The second-order valence-corrected chi connectivity index (χ2v) is 7.96. The Morgan fingerprint density at radius 1 is 1.18 bits per heavy atom. The Bertz CT molecular complexity index is 926. The lowest BCUT2D eigenvalue weighted by atomic mass is 9.96. The van der Waals surface area contributed by atoms with Gasteiger partial charge in [-0.05, 0) is 57.3 Å². The Labute approximate surface area is 164 Å². The molecule has 2 aliphatic heterocycles. The van der Waals surface area contributed by atoms with Crippen LogP contribution in [-0.2, 0) is 11.8 Å². The molecule has 3 N–H and O–H groups in total. The summed E-state index contributed by atoms with van der Waals surface area (Å²) in [6, 6.07) is 5.35. The number of carbonyl (C=O) groups excluding carboxylic acids is 1. The fourth-order valence-electron chi connectivity index (χ4n) is 4.67. The number of aromatic nitrogens is 2. The molecule has 1 amide bonds. The van der Waals surface area contributed by atoms with Crippen molar-refractivity contribution in [1.29, 1.82) is 0 Å². The van der Waals surface area contributed by atoms with E-state index >= 15 is 0 Å². The number of nitrogens with zero attached hydrogens (tertiary/aromatic N) is 3. The zero-order valence-electron chi connectivity index (χ0n) is 16.5. The van der Waals surface area contributed by atoms with Gasteiger partial charge in [0.1, 0.15) is 12.3 Å². The first-order valence-corrected chi connectivity index (χ1v) is 10.1. The van der Waals surface area contributed by atoms with Gasteiger partial charge in [-0.3, -0.25) is 13.9 Å². The highest BCUT2D eigenvalue weighted by Crippen LogP contribution is 2.32. The highest BCUT2D eigenvalue weighted by atomic mass is 16.3. The van der Waals surface area contributed by atoms with Gasteiger partial charge in [0.15, 0.2) is 0 Å². The maximum Gasteiger partial charge on any atom is 0.329 e. The second kappa shape index (κ2) is 7.60. The van der Waals surface area contributed by atoms with E-state index in [1.165, 1.54) is 0 Å². The lowest BCUT2D eigenvalue weighted by Crippen LogP contribution is -2.46. The molecule has 0 saturated carbocycles. The van der Waals surface area contributed by atoms with E-state index in [-0.39, 0.29) is 11.6 Å². The van der Waals surface area contributed by atoms with Crippen molar-refractivity contribution < 1.29 is 9.90 Å². The van der Waals surface area contributed by atoms with E-state index in [9.17, 15) is 14.7 Å². The van der Waals surface area contributed by atoms with Gasteiger partial charge < -0.3 is 20.6 Å². The number of anilines is 1. The SMILES string of the molecule is CNCC1CCN(c2cccc3c2n(C)c(=O)n3C2CCC(O)NC2=O)CC1. The maximum atomic E-state index is 13.0. The monoisotopic (exact) mass is 387 g/mol. The van der Waals surface area contributed by atoms with Crippen LogP contribution in [0.5, 0.6) is 0 Å². The predicted octanol–water partition coefficient (Wildman–Crippen LogP) is 0.545. The maximum absolute atomic E-state index is 13.0. The molecule has 0 bridgehead atoms. The van der Waals surface area contributed by atoms with E-state index in [1.807, 2.05) is 19.2 Å². The average molecular weight is 387 g/mol. The predicted molar refractivity (Wildman–Crippen MR) is 108 cm³/mol. The van der Waals surface area contributed by atoms with Crippen molar-refractivity contribution in [2.45, 2.75) is 38.0 Å². The first-order chi connectivity index (χ1) is 13.5. The molecule has 152 valence electrons. The summed E-state index contributed by atoms with van der Waals surface area (Å²) in [6.45, 7) is 2.96. The molecule has 2 unspecified atom stereocenters. The van der Waals surface area contributed by atoms with Gasteiger partial charge in [-0.15, -0.1) is 0 Å². The number of hydrogen-bond acceptors (Lipinski definition) is 5. The smallest absolute Gasteiger partial charge is 0.329 e. The molecule has 2 fully saturated rings. The molecule has 4 rings (SSSR count). The van der Waals surface area contributed by atoms with E-state index in [4.69, 9.17) is 0 Å². The molecule has 0 spiro atoms. The van der Waals surface area contributed by atoms with Gasteiger partial charge in [0.05, 0.1) is 16.7 Å². The summed E-state index contributed by atoms with van der Waals surface area (Å²) in [5.74, 6) is 0.387. The number of carbonyl (C=O) groups is 1. The summed E-state index contributed by atoms with van der Waals surface area (Å²) in [5, 5.41) is 15.5. The minimum atomic E-state index is -0.830. The number of hydrogen-bond donors (Lipinski definition) is 3. The number of fused-ring (bicyclic) bond motifs is 1. The Morgan fingerprint density at radius 3 is 2.61 bits per heavy atom. The number of piperidine rings is 2. The molecule has 8 heteroatoms. The van der Waals surface area contributed by atoms with Gasteiger partial charge in [-0.1, -0.05) is 6.07 Å². The van der Waals surface area contributed by atoms with Crippen LogP contribution in [0.4, 0.5) is 5.69 Å². The summed E-state index contributed by atoms with van der Waals surface area (Å²) in [4.78, 5) is 27.8. The number of aryl methyl sites for hydroxylation is 1. The van der Waals surface area contributed by atoms with Crippen LogP contribution in [0.1, 0.15) is 31.7 Å². The van der Waals surface area contributed by atoms with Crippen molar-refractivity contribution >= 4 is 22.6 Å². The topological polar surface area (TPSA) is 91.5 Å². The van der Waals surface area contributed by atoms with Crippen LogP contribution in [0.3, 0.4) is 0 Å². The molecule has 2 aromatic rings. The molecule has 28 heavy (non-hydrogen) atoms. The van der Waals surface area contributed by atoms with Gasteiger partial charge in [0.2, 0.25) is 5.91 Å². The molecule has 8 nitrogen and oxygen atoms in total. The van der Waals surface area contributed by atoms with E-state index in [2.05, 4.69) is 21.6 Å². The van der Waals surface area contributed by atoms with Crippen LogP contribution in [0.2, 0.25) is 0 Å². The minimum Gasteiger partial charge on any atom is -0.374 e. The van der Waals surface area contributed by atoms with Crippen molar-refractivity contribution in [3.05, 3.63) is 28.7 Å². The molecule has 2 atom stereocenters. The summed E-state index contributed by atoms with van der Waals surface area (Å²) >= 11 is 0. The number of aliphatic hydroxyl groups is 1. The molecule has 2 aliphatic rings. The molecule has 1 aromatic heterocycles. The third kappa shape index (κ3) is 3.20. The summed E-state index contributed by atoms with van der Waals surface area (Å²) in [7, 11) is 3.76. The molecular weight excluding hydrogens is 358 g/mol. The van der Waals surface area contributed by atoms with E-state index in [0.717, 1.165) is 49.2 Å². The Balaban J connectivity index is 1.72. The Kier molecular flexibility index (Phi) is 5.16. The first kappa shape index (κ1) is 19.0. The van der Waals surface area contributed by atoms with Crippen molar-refractivity contribution in [3.8, 4) is 0 Å². The molecular formula is C20H29N5O3. The van der Waals surface area contributed by atoms with Crippen LogP contribution in [0.25, 0.3) is 11.0 Å². The van der Waals surface area contributed by atoms with Crippen LogP contribution in [-0.4, -0.2) is 53.1 Å². The van der Waals surface area contributed by atoms with Crippen molar-refractivity contribution in [3.63, 3.8) is 0 Å². The highest BCUT2D eigenvalue weighted by Gasteiger charge is 2.32. The molecule has 1 aromatic carbocycles. The average Bonchev–Trinajstić information content (AvgIpc) is 2.94. The standard InChI is InChI=1S/C20H29N5O3/c1-21-12-13-8-10-24(11-9-13)14-4-3-5-15-18(14)23(2)20(28)25(15)16-6-7-17(26)22-19(16)27/h3-5,13,16-17,21,26H,6-12H2,1-2H3,(H,22,27). The number of benzene rings is 1.